The standard InChI is InChI=1S/C36H36N2O3.C32H28N2O3/c1-5-32(26-13-7-6-8-14-26)37-34(39)29-18-19-33-28(23-29)20-21-38(33)24-25-12-11-15-27(22-25)30-16-9-10-17-31(30)35(40)41-36(2,3)4;1-2-29(23-10-4-3-5-11-23)33-31(35)26-15-16-30-25(20-26)17-18-34(30)21-22-9-8-12-24(19-22)27-13-6-7-14-28(27)32(36)37/h6-23,32H,5,24H2,1-4H3,(H,37,39);3-20,29H,2,21H2,1H3,(H,33,35)(H,36,37). The van der Waals surface area contributed by atoms with E-state index in [1.54, 1.807) is 12.1 Å². The van der Waals surface area contributed by atoms with Gasteiger partial charge in [0.05, 0.1) is 23.2 Å². The van der Waals surface area contributed by atoms with E-state index in [-0.39, 0.29) is 35.4 Å². The molecule has 2 amide bonds. The summed E-state index contributed by atoms with van der Waals surface area (Å²) in [6, 6.07) is 66.5. The van der Waals surface area contributed by atoms with Crippen LogP contribution in [0.4, 0.5) is 0 Å². The van der Waals surface area contributed by atoms with Crippen molar-refractivity contribution in [3.05, 3.63) is 263 Å². The maximum absolute atomic E-state index is 13.1. The van der Waals surface area contributed by atoms with Crippen LogP contribution in [-0.2, 0) is 17.8 Å². The highest BCUT2D eigenvalue weighted by Gasteiger charge is 2.22. The van der Waals surface area contributed by atoms with Crippen molar-refractivity contribution < 1.29 is 29.0 Å². The lowest BCUT2D eigenvalue weighted by Crippen LogP contribution is -2.28. The minimum Gasteiger partial charge on any atom is -0.478 e. The second kappa shape index (κ2) is 24.2. The van der Waals surface area contributed by atoms with E-state index in [2.05, 4.69) is 45.7 Å². The van der Waals surface area contributed by atoms with Crippen LogP contribution >= 0.6 is 0 Å². The highest BCUT2D eigenvalue weighted by molar-refractivity contribution is 6.00. The van der Waals surface area contributed by atoms with E-state index in [0.29, 0.717) is 35.3 Å². The third-order valence-electron chi connectivity index (χ3n) is 13.8. The van der Waals surface area contributed by atoms with Crippen LogP contribution < -0.4 is 10.6 Å². The molecule has 0 aliphatic heterocycles. The van der Waals surface area contributed by atoms with Gasteiger partial charge in [-0.1, -0.05) is 147 Å². The molecule has 10 nitrogen and oxygen atoms in total. The summed E-state index contributed by atoms with van der Waals surface area (Å²) in [6.07, 6.45) is 5.69. The molecule has 2 atom stereocenters. The molecule has 0 radical (unpaired) electrons. The van der Waals surface area contributed by atoms with Gasteiger partial charge in [-0.15, -0.1) is 0 Å². The van der Waals surface area contributed by atoms with Crippen LogP contribution in [-0.4, -0.2) is 43.6 Å². The number of aromatic nitrogens is 2. The number of hydrogen-bond donors (Lipinski definition) is 3. The van der Waals surface area contributed by atoms with Crippen molar-refractivity contribution in [3.63, 3.8) is 0 Å². The van der Waals surface area contributed by atoms with Gasteiger partial charge in [0.1, 0.15) is 5.60 Å². The SMILES string of the molecule is CCC(NC(=O)c1ccc2c(ccn2Cc2cccc(-c3ccccc3C(=O)O)c2)c1)c1ccccc1.CCC(NC(=O)c1ccc2c(ccn2Cc2cccc(-c3ccccc3C(=O)OC(C)(C)C)c2)c1)c1ccccc1. The lowest BCUT2D eigenvalue weighted by molar-refractivity contribution is 0.00699. The third-order valence-corrected chi connectivity index (χ3v) is 13.8. The Balaban J connectivity index is 0.000000191. The van der Waals surface area contributed by atoms with Crippen LogP contribution in [0, 0.1) is 0 Å². The van der Waals surface area contributed by atoms with Gasteiger partial charge < -0.3 is 29.6 Å². The quantitative estimate of drug-likeness (QED) is 0.0826. The van der Waals surface area contributed by atoms with Crippen LogP contribution in [0.5, 0.6) is 0 Å². The molecule has 2 aromatic heterocycles. The molecule has 0 saturated carbocycles. The number of carbonyl (C=O) groups is 4. The van der Waals surface area contributed by atoms with Crippen molar-refractivity contribution in [2.45, 2.75) is 78.2 Å². The Morgan fingerprint density at radius 1 is 0.487 bits per heavy atom. The summed E-state index contributed by atoms with van der Waals surface area (Å²) in [7, 11) is 0. The first kappa shape index (κ1) is 53.5. The number of hydrogen-bond acceptors (Lipinski definition) is 5. The van der Waals surface area contributed by atoms with Crippen LogP contribution in [0.3, 0.4) is 0 Å². The van der Waals surface area contributed by atoms with Crippen LogP contribution in [0.15, 0.2) is 219 Å². The molecule has 8 aromatic carbocycles. The van der Waals surface area contributed by atoms with Crippen molar-refractivity contribution in [3.8, 4) is 22.3 Å². The normalized spacial score (nSPS) is 12.0. The topological polar surface area (TPSA) is 132 Å². The highest BCUT2D eigenvalue weighted by Crippen LogP contribution is 2.30. The summed E-state index contributed by atoms with van der Waals surface area (Å²) in [6.45, 7) is 11.0. The molecular weight excluding hydrogens is 969 g/mol. The number of ether oxygens (including phenoxy) is 1. The predicted octanol–water partition coefficient (Wildman–Crippen LogP) is 15.1. The molecule has 78 heavy (non-hydrogen) atoms. The van der Waals surface area contributed by atoms with Crippen LogP contribution in [0.2, 0.25) is 0 Å². The fourth-order valence-electron chi connectivity index (χ4n) is 9.89. The fourth-order valence-corrected chi connectivity index (χ4v) is 9.89. The molecule has 0 fully saturated rings. The van der Waals surface area contributed by atoms with E-state index in [9.17, 15) is 24.3 Å². The number of fused-ring (bicyclic) bond motifs is 2. The molecule has 3 N–H and O–H groups in total. The summed E-state index contributed by atoms with van der Waals surface area (Å²) in [5, 5.41) is 17.9. The van der Waals surface area contributed by atoms with E-state index in [0.717, 1.165) is 73.6 Å². The Labute approximate surface area is 456 Å². The molecule has 10 rings (SSSR count). The number of benzene rings is 8. The second-order valence-corrected chi connectivity index (χ2v) is 20.4. The molecule has 0 aliphatic rings. The van der Waals surface area contributed by atoms with Crippen molar-refractivity contribution >= 4 is 45.6 Å². The number of carboxylic acid groups (broad SMARTS) is 1. The molecule has 0 aliphatic carbocycles. The van der Waals surface area contributed by atoms with Crippen LogP contribution in [0.1, 0.15) is 123 Å². The summed E-state index contributed by atoms with van der Waals surface area (Å²) in [4.78, 5) is 50.7. The zero-order valence-electron chi connectivity index (χ0n) is 44.7. The molecule has 0 bridgehead atoms. The lowest BCUT2D eigenvalue weighted by atomic mass is 9.98. The van der Waals surface area contributed by atoms with Gasteiger partial charge in [0, 0.05) is 58.4 Å². The van der Waals surface area contributed by atoms with E-state index < -0.39 is 11.6 Å². The molecule has 0 spiro atoms. The molecule has 2 unspecified atom stereocenters. The number of nitrogens with one attached hydrogen (secondary N) is 2. The Kier molecular flexibility index (Phi) is 16.6. The van der Waals surface area contributed by atoms with E-state index >= 15 is 0 Å². The summed E-state index contributed by atoms with van der Waals surface area (Å²) in [5.41, 5.74) is 11.4. The smallest absolute Gasteiger partial charge is 0.339 e. The van der Waals surface area contributed by atoms with Gasteiger partial charge in [-0.25, -0.2) is 9.59 Å². The Hall–Kier alpha value is -9.28. The average molecular weight is 1030 g/mol. The first-order chi connectivity index (χ1) is 37.7. The van der Waals surface area contributed by atoms with E-state index in [4.69, 9.17) is 4.74 Å². The van der Waals surface area contributed by atoms with Gasteiger partial charge in [0.15, 0.2) is 0 Å². The minimum absolute atomic E-state index is 0.0308. The van der Waals surface area contributed by atoms with Crippen LogP contribution in [0.25, 0.3) is 44.1 Å². The molecular formula is C68H64N4O6. The Bertz CT molecular complexity index is 3740. The summed E-state index contributed by atoms with van der Waals surface area (Å²) in [5.74, 6) is -1.43. The predicted molar refractivity (Wildman–Crippen MR) is 312 cm³/mol. The van der Waals surface area contributed by atoms with E-state index in [1.165, 1.54) is 0 Å². The highest BCUT2D eigenvalue weighted by atomic mass is 16.6. The van der Waals surface area contributed by atoms with E-state index in [1.807, 2.05) is 215 Å². The zero-order chi connectivity index (χ0) is 54.8. The largest absolute Gasteiger partial charge is 0.478 e. The summed E-state index contributed by atoms with van der Waals surface area (Å²) >= 11 is 0. The first-order valence-corrected chi connectivity index (χ1v) is 26.5. The number of nitrogens with zero attached hydrogens (tertiary/aromatic N) is 2. The van der Waals surface area contributed by atoms with Gasteiger partial charge in [-0.3, -0.25) is 9.59 Å². The zero-order valence-corrected chi connectivity index (χ0v) is 44.7. The van der Waals surface area contributed by atoms with Crippen molar-refractivity contribution in [2.24, 2.45) is 0 Å². The van der Waals surface area contributed by atoms with Gasteiger partial charge in [-0.2, -0.15) is 0 Å². The van der Waals surface area contributed by atoms with Crippen molar-refractivity contribution in [1.82, 2.24) is 19.8 Å². The number of carboxylic acids is 1. The number of esters is 1. The van der Waals surface area contributed by atoms with Crippen molar-refractivity contribution in [1.29, 1.82) is 0 Å². The molecule has 0 saturated heterocycles. The minimum atomic E-state index is -0.939. The number of carbonyl (C=O) groups excluding carboxylic acids is 3. The first-order valence-electron chi connectivity index (χ1n) is 26.5. The van der Waals surface area contributed by atoms with Gasteiger partial charge in [0.2, 0.25) is 0 Å². The Morgan fingerprint density at radius 3 is 1.35 bits per heavy atom. The van der Waals surface area contributed by atoms with Crippen molar-refractivity contribution in [2.75, 3.05) is 0 Å². The average Bonchev–Trinajstić information content (AvgIpc) is 4.07. The third kappa shape index (κ3) is 12.9. The molecule has 392 valence electrons. The molecule has 2 heterocycles. The molecule has 10 heteroatoms. The maximum atomic E-state index is 13.1. The number of amides is 2. The maximum Gasteiger partial charge on any atom is 0.339 e. The summed E-state index contributed by atoms with van der Waals surface area (Å²) < 4.78 is 9.97. The lowest BCUT2D eigenvalue weighted by Gasteiger charge is -2.20. The van der Waals surface area contributed by atoms with Gasteiger partial charge in [-0.05, 0) is 151 Å². The molecule has 10 aromatic rings. The number of rotatable bonds is 16. The fraction of sp³-hybridized carbons (Fsp3) is 0.176. The monoisotopic (exact) mass is 1030 g/mol. The Morgan fingerprint density at radius 2 is 0.910 bits per heavy atom. The second-order valence-electron chi connectivity index (χ2n) is 20.4. The van der Waals surface area contributed by atoms with Gasteiger partial charge in [0.25, 0.3) is 11.8 Å². The number of aromatic carboxylic acids is 1. The van der Waals surface area contributed by atoms with Gasteiger partial charge >= 0.3 is 11.9 Å².